The molecule has 0 aliphatic rings. The van der Waals surface area contributed by atoms with Gasteiger partial charge in [0.05, 0.1) is 15.6 Å². The van der Waals surface area contributed by atoms with Gasteiger partial charge in [0, 0.05) is 5.02 Å². The van der Waals surface area contributed by atoms with Crippen LogP contribution in [0.5, 0.6) is 0 Å². The zero-order valence-corrected chi connectivity index (χ0v) is 11.0. The third-order valence-electron chi connectivity index (χ3n) is 1.94. The summed E-state index contributed by atoms with van der Waals surface area (Å²) in [5.74, 6) is 0.209. The van der Waals surface area contributed by atoms with E-state index in [1.54, 1.807) is 0 Å². The molecule has 0 fully saturated rings. The standard InChI is InChI=1S/C9H6Cl2N4O2S/c10-5-1-6(11)8(7(2-5)18(16)17)15-9-13-3-12-4-14-9/h1-4H,(H,16,17)(H,12,13,14,15). The summed E-state index contributed by atoms with van der Waals surface area (Å²) < 4.78 is 20.4. The van der Waals surface area contributed by atoms with Crippen molar-refractivity contribution in [3.05, 3.63) is 34.8 Å². The zero-order valence-electron chi connectivity index (χ0n) is 8.67. The van der Waals surface area contributed by atoms with Crippen LogP contribution in [0.15, 0.2) is 29.7 Å². The molecule has 0 aliphatic carbocycles. The largest absolute Gasteiger partial charge is 0.322 e. The number of nitrogens with zero attached hydrogens (tertiary/aromatic N) is 3. The van der Waals surface area contributed by atoms with Gasteiger partial charge >= 0.3 is 0 Å². The van der Waals surface area contributed by atoms with Gasteiger partial charge < -0.3 is 9.87 Å². The zero-order chi connectivity index (χ0) is 13.1. The van der Waals surface area contributed by atoms with Crippen molar-refractivity contribution in [2.24, 2.45) is 0 Å². The minimum atomic E-state index is -2.24. The van der Waals surface area contributed by atoms with Crippen molar-refractivity contribution in [2.45, 2.75) is 4.90 Å². The summed E-state index contributed by atoms with van der Waals surface area (Å²) in [5.41, 5.74) is 0.230. The molecule has 2 aromatic rings. The minimum Gasteiger partial charge on any atom is -0.322 e. The summed E-state index contributed by atoms with van der Waals surface area (Å²) in [5, 5.41) is 3.20. The van der Waals surface area contributed by atoms with Crippen LogP contribution < -0.4 is 5.32 Å². The van der Waals surface area contributed by atoms with Gasteiger partial charge in [0.25, 0.3) is 0 Å². The van der Waals surface area contributed by atoms with Crippen molar-refractivity contribution in [1.82, 2.24) is 15.0 Å². The number of hydrogen-bond acceptors (Lipinski definition) is 5. The highest BCUT2D eigenvalue weighted by Crippen LogP contribution is 2.33. The van der Waals surface area contributed by atoms with Gasteiger partial charge in [-0.15, -0.1) is 0 Å². The molecule has 1 atom stereocenters. The number of benzene rings is 1. The van der Waals surface area contributed by atoms with Crippen LogP contribution in [-0.4, -0.2) is 23.7 Å². The number of aromatic nitrogens is 3. The highest BCUT2D eigenvalue weighted by Gasteiger charge is 2.14. The Kier molecular flexibility index (Phi) is 4.07. The monoisotopic (exact) mass is 304 g/mol. The Morgan fingerprint density at radius 2 is 1.89 bits per heavy atom. The highest BCUT2D eigenvalue weighted by molar-refractivity contribution is 7.79. The summed E-state index contributed by atoms with van der Waals surface area (Å²) >= 11 is 9.50. The van der Waals surface area contributed by atoms with Gasteiger partial charge in [-0.3, -0.25) is 0 Å². The van der Waals surface area contributed by atoms with E-state index in [1.165, 1.54) is 24.8 Å². The molecule has 0 saturated carbocycles. The Morgan fingerprint density at radius 3 is 2.50 bits per heavy atom. The number of nitrogens with one attached hydrogen (secondary N) is 1. The van der Waals surface area contributed by atoms with E-state index in [0.717, 1.165) is 0 Å². The van der Waals surface area contributed by atoms with Crippen LogP contribution in [0, 0.1) is 0 Å². The van der Waals surface area contributed by atoms with Crippen molar-refractivity contribution < 1.29 is 8.76 Å². The lowest BCUT2D eigenvalue weighted by atomic mass is 10.3. The van der Waals surface area contributed by atoms with E-state index in [9.17, 15) is 8.76 Å². The van der Waals surface area contributed by atoms with E-state index in [1.807, 2.05) is 0 Å². The van der Waals surface area contributed by atoms with Crippen LogP contribution in [0.4, 0.5) is 11.6 Å². The molecule has 0 saturated heterocycles. The molecule has 9 heteroatoms. The Morgan fingerprint density at radius 1 is 1.22 bits per heavy atom. The second kappa shape index (κ2) is 5.57. The van der Waals surface area contributed by atoms with Gasteiger partial charge in [0.15, 0.2) is 11.1 Å². The summed E-state index contributed by atoms with van der Waals surface area (Å²) in [6, 6.07) is 2.79. The summed E-state index contributed by atoms with van der Waals surface area (Å²) in [6.45, 7) is 0. The van der Waals surface area contributed by atoms with Crippen LogP contribution >= 0.6 is 23.2 Å². The molecule has 0 spiro atoms. The average Bonchev–Trinajstić information content (AvgIpc) is 2.33. The molecule has 0 amide bonds. The first-order valence-corrected chi connectivity index (χ1v) is 6.43. The molecule has 6 nitrogen and oxygen atoms in total. The SMILES string of the molecule is O=S(O)c1cc(Cl)cc(Cl)c1Nc1ncncn1. The topological polar surface area (TPSA) is 88.0 Å². The van der Waals surface area contributed by atoms with Gasteiger partial charge in [-0.2, -0.15) is 0 Å². The van der Waals surface area contributed by atoms with Gasteiger partial charge in [0.1, 0.15) is 12.7 Å². The normalized spacial score (nSPS) is 12.2. The van der Waals surface area contributed by atoms with E-state index in [2.05, 4.69) is 20.3 Å². The lowest BCUT2D eigenvalue weighted by Gasteiger charge is -2.10. The molecule has 1 heterocycles. The van der Waals surface area contributed by atoms with Gasteiger partial charge in [-0.05, 0) is 12.1 Å². The lowest BCUT2D eigenvalue weighted by Crippen LogP contribution is -2.02. The molecule has 1 unspecified atom stereocenters. The molecule has 18 heavy (non-hydrogen) atoms. The first-order valence-electron chi connectivity index (χ1n) is 4.57. The van der Waals surface area contributed by atoms with Gasteiger partial charge in [0.2, 0.25) is 5.95 Å². The van der Waals surface area contributed by atoms with Crippen LogP contribution in [0.3, 0.4) is 0 Å². The molecule has 94 valence electrons. The van der Waals surface area contributed by atoms with E-state index >= 15 is 0 Å². The number of halogens is 2. The van der Waals surface area contributed by atoms with Crippen LogP contribution in [-0.2, 0) is 11.1 Å². The molecular formula is C9H6Cl2N4O2S. The molecular weight excluding hydrogens is 299 g/mol. The molecule has 0 bridgehead atoms. The smallest absolute Gasteiger partial charge is 0.230 e. The number of hydrogen-bond donors (Lipinski definition) is 2. The van der Waals surface area contributed by atoms with Crippen molar-refractivity contribution >= 4 is 45.9 Å². The number of anilines is 2. The Hall–Kier alpha value is -1.28. The van der Waals surface area contributed by atoms with E-state index in [-0.39, 0.29) is 26.6 Å². The molecule has 0 aliphatic heterocycles. The third-order valence-corrected chi connectivity index (χ3v) is 3.15. The summed E-state index contributed by atoms with van der Waals surface area (Å²) in [6.07, 6.45) is 2.57. The fourth-order valence-electron chi connectivity index (χ4n) is 1.22. The first kappa shape index (κ1) is 13.2. The summed E-state index contributed by atoms with van der Waals surface area (Å²) in [4.78, 5) is 11.4. The van der Waals surface area contributed by atoms with E-state index < -0.39 is 11.1 Å². The fraction of sp³-hybridized carbons (Fsp3) is 0. The molecule has 2 rings (SSSR count). The number of rotatable bonds is 3. The Balaban J connectivity index is 2.47. The second-order valence-electron chi connectivity index (χ2n) is 3.10. The fourth-order valence-corrected chi connectivity index (χ4v) is 2.45. The third kappa shape index (κ3) is 2.94. The maximum absolute atomic E-state index is 11.2. The van der Waals surface area contributed by atoms with Gasteiger partial charge in [-0.1, -0.05) is 23.2 Å². The maximum Gasteiger partial charge on any atom is 0.230 e. The van der Waals surface area contributed by atoms with Crippen LogP contribution in [0.1, 0.15) is 0 Å². The molecule has 2 N–H and O–H groups in total. The minimum absolute atomic E-state index is 0.0490. The van der Waals surface area contributed by atoms with E-state index in [0.29, 0.717) is 0 Å². The predicted molar refractivity (Wildman–Crippen MR) is 68.6 cm³/mol. The Labute approximate surface area is 115 Å². The van der Waals surface area contributed by atoms with Crippen LogP contribution in [0.2, 0.25) is 10.0 Å². The maximum atomic E-state index is 11.2. The highest BCUT2D eigenvalue weighted by atomic mass is 35.5. The van der Waals surface area contributed by atoms with Crippen LogP contribution in [0.25, 0.3) is 0 Å². The van der Waals surface area contributed by atoms with E-state index in [4.69, 9.17) is 23.2 Å². The predicted octanol–water partition coefficient (Wildman–Crippen LogP) is 2.50. The quantitative estimate of drug-likeness (QED) is 0.847. The molecule has 1 aromatic carbocycles. The lowest BCUT2D eigenvalue weighted by molar-refractivity contribution is 0.565. The Bertz CT molecular complexity index is 597. The average molecular weight is 305 g/mol. The molecule has 1 aromatic heterocycles. The van der Waals surface area contributed by atoms with Crippen molar-refractivity contribution in [3.8, 4) is 0 Å². The van der Waals surface area contributed by atoms with Crippen molar-refractivity contribution in [1.29, 1.82) is 0 Å². The summed E-state index contributed by atoms with van der Waals surface area (Å²) in [7, 11) is 0. The van der Waals surface area contributed by atoms with Crippen molar-refractivity contribution in [2.75, 3.05) is 5.32 Å². The van der Waals surface area contributed by atoms with Crippen molar-refractivity contribution in [3.63, 3.8) is 0 Å². The first-order chi connectivity index (χ1) is 8.58. The second-order valence-corrected chi connectivity index (χ2v) is 4.88. The van der Waals surface area contributed by atoms with Gasteiger partial charge in [-0.25, -0.2) is 19.2 Å². The molecule has 0 radical (unpaired) electrons.